The van der Waals surface area contributed by atoms with Crippen molar-refractivity contribution in [1.29, 1.82) is 5.26 Å². The van der Waals surface area contributed by atoms with Crippen LogP contribution in [-0.4, -0.2) is 24.0 Å². The highest BCUT2D eigenvalue weighted by atomic mass is 79.9. The molecule has 8 heteroatoms. The van der Waals surface area contributed by atoms with E-state index >= 15 is 0 Å². The van der Waals surface area contributed by atoms with Gasteiger partial charge in [0, 0.05) is 33.1 Å². The summed E-state index contributed by atoms with van der Waals surface area (Å²) in [6, 6.07) is 20.9. The molecule has 0 bridgehead atoms. The van der Waals surface area contributed by atoms with Gasteiger partial charge in [0.1, 0.15) is 18.2 Å². The van der Waals surface area contributed by atoms with Crippen LogP contribution in [0.25, 0.3) is 17.0 Å². The quantitative estimate of drug-likeness (QED) is 0.160. The van der Waals surface area contributed by atoms with Crippen molar-refractivity contribution in [2.45, 2.75) is 20.0 Å². The maximum Gasteiger partial charge on any atom is 0.261 e. The Kier molecular flexibility index (Phi) is 8.89. The number of rotatable bonds is 10. The topological polar surface area (TPSA) is 87.1 Å². The number of nitriles is 1. The molecule has 188 valence electrons. The largest absolute Gasteiger partial charge is 0.490 e. The SMILES string of the molecule is CCOc1cc(/C=C(/C#N)C(=O)NCCc2c[nH]c3ccccc23)c(Br)cc1OCc1ccc(Cl)cc1. The Balaban J connectivity index is 1.45. The molecule has 3 aromatic carbocycles. The van der Waals surface area contributed by atoms with Crippen LogP contribution in [0.5, 0.6) is 11.5 Å². The minimum Gasteiger partial charge on any atom is -0.490 e. The van der Waals surface area contributed by atoms with Gasteiger partial charge >= 0.3 is 0 Å². The molecule has 0 fully saturated rings. The molecule has 1 heterocycles. The van der Waals surface area contributed by atoms with Crippen molar-refractivity contribution in [2.24, 2.45) is 0 Å². The van der Waals surface area contributed by atoms with Crippen LogP contribution in [0.1, 0.15) is 23.6 Å². The minimum absolute atomic E-state index is 0.00286. The maximum atomic E-state index is 12.8. The van der Waals surface area contributed by atoms with Gasteiger partial charge in [0.2, 0.25) is 0 Å². The standard InChI is InChI=1S/C29H25BrClN3O3/c1-2-36-27-14-21(25(30)15-28(27)37-18-19-7-9-23(31)10-8-19)13-22(16-32)29(35)33-12-11-20-17-34-26-6-4-3-5-24(20)26/h3-10,13-15,17,34H,2,11-12,18H2,1H3,(H,33,35)/b22-13-. The Morgan fingerprint density at radius 3 is 2.65 bits per heavy atom. The number of ether oxygens (including phenoxy) is 2. The van der Waals surface area contributed by atoms with Crippen molar-refractivity contribution in [3.05, 3.63) is 98.6 Å². The smallest absolute Gasteiger partial charge is 0.261 e. The van der Waals surface area contributed by atoms with E-state index in [0.717, 1.165) is 22.0 Å². The second-order valence-corrected chi connectivity index (χ2v) is 9.49. The molecule has 4 aromatic rings. The van der Waals surface area contributed by atoms with Gasteiger partial charge in [0.15, 0.2) is 11.5 Å². The third-order valence-electron chi connectivity index (χ3n) is 5.69. The number of amides is 1. The molecule has 6 nitrogen and oxygen atoms in total. The highest BCUT2D eigenvalue weighted by Crippen LogP contribution is 2.35. The molecule has 0 spiro atoms. The second-order valence-electron chi connectivity index (χ2n) is 8.20. The van der Waals surface area contributed by atoms with E-state index < -0.39 is 5.91 Å². The van der Waals surface area contributed by atoms with E-state index in [1.807, 2.05) is 67.7 Å². The van der Waals surface area contributed by atoms with Gasteiger partial charge in [-0.1, -0.05) is 57.9 Å². The Labute approximate surface area is 229 Å². The van der Waals surface area contributed by atoms with E-state index in [2.05, 4.69) is 26.2 Å². The van der Waals surface area contributed by atoms with Crippen LogP contribution in [0.3, 0.4) is 0 Å². The Morgan fingerprint density at radius 1 is 1.14 bits per heavy atom. The number of para-hydroxylation sites is 1. The van der Waals surface area contributed by atoms with E-state index in [1.54, 1.807) is 12.1 Å². The zero-order valence-corrected chi connectivity index (χ0v) is 22.5. The molecular formula is C29H25BrClN3O3. The molecular weight excluding hydrogens is 554 g/mol. The summed E-state index contributed by atoms with van der Waals surface area (Å²) in [4.78, 5) is 16.0. The molecule has 0 saturated carbocycles. The number of carbonyl (C=O) groups excluding carboxylic acids is 1. The number of halogens is 2. The number of aromatic amines is 1. The van der Waals surface area contributed by atoms with Crippen molar-refractivity contribution < 1.29 is 14.3 Å². The van der Waals surface area contributed by atoms with E-state index in [-0.39, 0.29) is 5.57 Å². The number of fused-ring (bicyclic) bond motifs is 1. The number of nitrogens with zero attached hydrogens (tertiary/aromatic N) is 1. The molecule has 4 rings (SSSR count). The van der Waals surface area contributed by atoms with Crippen LogP contribution in [0.4, 0.5) is 0 Å². The fraction of sp³-hybridized carbons (Fsp3) is 0.172. The first-order valence-electron chi connectivity index (χ1n) is 11.8. The summed E-state index contributed by atoms with van der Waals surface area (Å²) in [5, 5.41) is 14.3. The molecule has 0 unspecified atom stereocenters. The van der Waals surface area contributed by atoms with Crippen LogP contribution in [-0.2, 0) is 17.8 Å². The third-order valence-corrected chi connectivity index (χ3v) is 6.63. The first-order chi connectivity index (χ1) is 18.0. The molecule has 0 saturated heterocycles. The first kappa shape index (κ1) is 26.3. The number of hydrogen-bond acceptors (Lipinski definition) is 4. The van der Waals surface area contributed by atoms with Gasteiger partial charge in [-0.25, -0.2) is 0 Å². The fourth-order valence-corrected chi connectivity index (χ4v) is 4.40. The van der Waals surface area contributed by atoms with Gasteiger partial charge in [-0.05, 0) is 66.4 Å². The third kappa shape index (κ3) is 6.73. The van der Waals surface area contributed by atoms with Crippen LogP contribution in [0, 0.1) is 11.3 Å². The van der Waals surface area contributed by atoms with Crippen LogP contribution in [0.2, 0.25) is 5.02 Å². The van der Waals surface area contributed by atoms with Gasteiger partial charge in [0.05, 0.1) is 6.61 Å². The summed E-state index contributed by atoms with van der Waals surface area (Å²) in [7, 11) is 0. The van der Waals surface area contributed by atoms with E-state index in [1.165, 1.54) is 6.08 Å². The lowest BCUT2D eigenvalue weighted by Crippen LogP contribution is -2.26. The Bertz CT molecular complexity index is 1470. The predicted molar refractivity (Wildman–Crippen MR) is 150 cm³/mol. The van der Waals surface area contributed by atoms with Crippen molar-refractivity contribution in [3.63, 3.8) is 0 Å². The molecule has 0 radical (unpaired) electrons. The Morgan fingerprint density at radius 2 is 1.89 bits per heavy atom. The van der Waals surface area contributed by atoms with Crippen molar-refractivity contribution in [3.8, 4) is 17.6 Å². The molecule has 0 aliphatic carbocycles. The van der Waals surface area contributed by atoms with E-state index in [0.29, 0.717) is 52.7 Å². The average molecular weight is 579 g/mol. The first-order valence-corrected chi connectivity index (χ1v) is 12.9. The second kappa shape index (κ2) is 12.5. The minimum atomic E-state index is -0.435. The summed E-state index contributed by atoms with van der Waals surface area (Å²) in [5.41, 5.74) is 3.75. The molecule has 0 atom stereocenters. The summed E-state index contributed by atoms with van der Waals surface area (Å²) in [6.45, 7) is 3.05. The lowest BCUT2D eigenvalue weighted by Gasteiger charge is -2.14. The number of nitrogens with one attached hydrogen (secondary N) is 2. The molecule has 37 heavy (non-hydrogen) atoms. The van der Waals surface area contributed by atoms with E-state index in [9.17, 15) is 10.1 Å². The van der Waals surface area contributed by atoms with Gasteiger partial charge in [0.25, 0.3) is 5.91 Å². The molecule has 0 aliphatic heterocycles. The maximum absolute atomic E-state index is 12.8. The average Bonchev–Trinajstić information content (AvgIpc) is 3.32. The molecule has 2 N–H and O–H groups in total. The highest BCUT2D eigenvalue weighted by molar-refractivity contribution is 9.10. The highest BCUT2D eigenvalue weighted by Gasteiger charge is 2.14. The van der Waals surface area contributed by atoms with Crippen LogP contribution in [0.15, 0.2) is 76.9 Å². The van der Waals surface area contributed by atoms with Gasteiger partial charge in [-0.2, -0.15) is 5.26 Å². The number of hydrogen-bond donors (Lipinski definition) is 2. The summed E-state index contributed by atoms with van der Waals surface area (Å²) in [5.74, 6) is 0.626. The monoisotopic (exact) mass is 577 g/mol. The van der Waals surface area contributed by atoms with Crippen molar-refractivity contribution in [2.75, 3.05) is 13.2 Å². The zero-order valence-electron chi connectivity index (χ0n) is 20.2. The lowest BCUT2D eigenvalue weighted by atomic mass is 10.1. The van der Waals surface area contributed by atoms with E-state index in [4.69, 9.17) is 21.1 Å². The normalized spacial score (nSPS) is 11.2. The number of benzene rings is 3. The van der Waals surface area contributed by atoms with Gasteiger partial charge in [-0.15, -0.1) is 0 Å². The van der Waals surface area contributed by atoms with Gasteiger partial charge in [-0.3, -0.25) is 4.79 Å². The van der Waals surface area contributed by atoms with Crippen molar-refractivity contribution in [1.82, 2.24) is 10.3 Å². The zero-order chi connectivity index (χ0) is 26.2. The molecule has 1 aromatic heterocycles. The molecule has 0 aliphatic rings. The number of aromatic nitrogens is 1. The predicted octanol–water partition coefficient (Wildman–Crippen LogP) is 6.83. The summed E-state index contributed by atoms with van der Waals surface area (Å²) >= 11 is 9.49. The van der Waals surface area contributed by atoms with Crippen LogP contribution >= 0.6 is 27.5 Å². The fourth-order valence-electron chi connectivity index (χ4n) is 3.83. The van der Waals surface area contributed by atoms with Crippen molar-refractivity contribution >= 4 is 50.4 Å². The number of carbonyl (C=O) groups is 1. The Hall–Kier alpha value is -3.73. The lowest BCUT2D eigenvalue weighted by molar-refractivity contribution is -0.117. The van der Waals surface area contributed by atoms with Crippen LogP contribution < -0.4 is 14.8 Å². The number of H-pyrrole nitrogens is 1. The van der Waals surface area contributed by atoms with Gasteiger partial charge < -0.3 is 19.8 Å². The summed E-state index contributed by atoms with van der Waals surface area (Å²) < 4.78 is 12.4. The molecule has 1 amide bonds. The summed E-state index contributed by atoms with van der Waals surface area (Å²) in [6.07, 6.45) is 4.13.